The zero-order valence-electron chi connectivity index (χ0n) is 9.79. The lowest BCUT2D eigenvalue weighted by atomic mass is 10.2. The van der Waals surface area contributed by atoms with E-state index in [-0.39, 0.29) is 6.54 Å². The largest absolute Gasteiger partial charge is 0.351 e. The first-order valence-electron chi connectivity index (χ1n) is 5.37. The minimum absolute atomic E-state index is 0.0909. The molecule has 0 radical (unpaired) electrons. The number of primary amides is 1. The average Bonchev–Trinajstić information content (AvgIpc) is 2.85. The van der Waals surface area contributed by atoms with Crippen molar-refractivity contribution in [1.82, 2.24) is 15.5 Å². The predicted molar refractivity (Wildman–Crippen MR) is 71.6 cm³/mol. The predicted octanol–water partition coefficient (Wildman–Crippen LogP) is 0.812. The summed E-state index contributed by atoms with van der Waals surface area (Å²) in [5.74, 6) is -0.524. The third-order valence-corrected chi connectivity index (χ3v) is 3.04. The Morgan fingerprint density at radius 3 is 2.63 bits per heavy atom. The van der Waals surface area contributed by atoms with E-state index in [1.54, 1.807) is 0 Å². The third-order valence-electron chi connectivity index (χ3n) is 2.11. The highest BCUT2D eigenvalue weighted by Crippen LogP contribution is 2.25. The van der Waals surface area contributed by atoms with E-state index < -0.39 is 11.9 Å². The highest BCUT2D eigenvalue weighted by Gasteiger charge is 2.08. The lowest BCUT2D eigenvalue weighted by Crippen LogP contribution is -2.38. The maximum absolute atomic E-state index is 11.2. The van der Waals surface area contributed by atoms with Crippen molar-refractivity contribution in [2.45, 2.75) is 0 Å². The molecular weight excluding hydrogens is 266 g/mol. The fourth-order valence-corrected chi connectivity index (χ4v) is 2.07. The smallest absolute Gasteiger partial charge is 0.318 e. The Morgan fingerprint density at radius 1 is 1.21 bits per heavy atom. The number of hydrogen-bond donors (Lipinski definition) is 3. The highest BCUT2D eigenvalue weighted by molar-refractivity contribution is 7.18. The summed E-state index contributed by atoms with van der Waals surface area (Å²) in [4.78, 5) is 21.6. The molecule has 19 heavy (non-hydrogen) atoms. The summed E-state index contributed by atoms with van der Waals surface area (Å²) >= 11 is 1.32. The van der Waals surface area contributed by atoms with Gasteiger partial charge in [-0.25, -0.2) is 4.79 Å². The van der Waals surface area contributed by atoms with Crippen LogP contribution < -0.4 is 16.4 Å². The Kier molecular flexibility index (Phi) is 4.04. The molecule has 0 saturated heterocycles. The molecule has 0 atom stereocenters. The monoisotopic (exact) mass is 277 g/mol. The van der Waals surface area contributed by atoms with Crippen LogP contribution >= 0.6 is 11.3 Å². The number of nitrogens with zero attached hydrogens (tertiary/aromatic N) is 2. The molecule has 0 aliphatic heterocycles. The summed E-state index contributed by atoms with van der Waals surface area (Å²) in [5.41, 5.74) is 5.77. The molecule has 0 spiro atoms. The summed E-state index contributed by atoms with van der Waals surface area (Å²) < 4.78 is 0. The maximum atomic E-state index is 11.2. The van der Waals surface area contributed by atoms with Crippen molar-refractivity contribution >= 4 is 28.4 Å². The standard InChI is InChI=1S/C11H11N5O2S/c12-10(18)14-8(17)6-13-11-16-15-9(19-11)7-4-2-1-3-5-7/h1-5H,6H2,(H,13,16)(H3,12,14,17,18). The molecule has 1 heterocycles. The Hall–Kier alpha value is -2.48. The number of carbonyl (C=O) groups is 2. The quantitative estimate of drug-likeness (QED) is 0.766. The van der Waals surface area contributed by atoms with E-state index in [4.69, 9.17) is 5.73 Å². The fourth-order valence-electron chi connectivity index (χ4n) is 1.33. The number of hydrogen-bond acceptors (Lipinski definition) is 6. The molecule has 0 unspecified atom stereocenters. The zero-order valence-corrected chi connectivity index (χ0v) is 10.6. The summed E-state index contributed by atoms with van der Waals surface area (Å²) in [7, 11) is 0. The van der Waals surface area contributed by atoms with E-state index in [2.05, 4.69) is 15.5 Å². The number of carbonyl (C=O) groups excluding carboxylic acids is 2. The van der Waals surface area contributed by atoms with Crippen molar-refractivity contribution in [3.63, 3.8) is 0 Å². The maximum Gasteiger partial charge on any atom is 0.318 e. The van der Waals surface area contributed by atoms with Crippen LogP contribution in [-0.4, -0.2) is 28.7 Å². The van der Waals surface area contributed by atoms with Gasteiger partial charge in [0.1, 0.15) is 5.01 Å². The number of imide groups is 1. The van der Waals surface area contributed by atoms with E-state index in [0.29, 0.717) is 5.13 Å². The van der Waals surface area contributed by atoms with Crippen molar-refractivity contribution in [2.75, 3.05) is 11.9 Å². The average molecular weight is 277 g/mol. The van der Waals surface area contributed by atoms with E-state index in [0.717, 1.165) is 10.6 Å². The lowest BCUT2D eigenvalue weighted by molar-refractivity contribution is -0.118. The van der Waals surface area contributed by atoms with Crippen LogP contribution in [0.5, 0.6) is 0 Å². The second-order valence-corrected chi connectivity index (χ2v) is 4.52. The van der Waals surface area contributed by atoms with Gasteiger partial charge < -0.3 is 11.1 Å². The third kappa shape index (κ3) is 3.75. The number of benzene rings is 1. The number of aromatic nitrogens is 2. The molecule has 8 heteroatoms. The number of urea groups is 1. The van der Waals surface area contributed by atoms with Gasteiger partial charge in [0, 0.05) is 5.56 Å². The van der Waals surface area contributed by atoms with Gasteiger partial charge in [0.05, 0.1) is 6.54 Å². The minimum Gasteiger partial charge on any atom is -0.351 e. The number of nitrogens with two attached hydrogens (primary N) is 1. The van der Waals surface area contributed by atoms with Crippen LogP contribution in [0.4, 0.5) is 9.93 Å². The van der Waals surface area contributed by atoms with Gasteiger partial charge in [0.15, 0.2) is 0 Å². The van der Waals surface area contributed by atoms with Crippen molar-refractivity contribution in [1.29, 1.82) is 0 Å². The molecule has 0 aliphatic carbocycles. The van der Waals surface area contributed by atoms with Crippen molar-refractivity contribution in [2.24, 2.45) is 5.73 Å². The molecule has 98 valence electrons. The van der Waals surface area contributed by atoms with E-state index in [1.807, 2.05) is 35.6 Å². The molecular formula is C11H11N5O2S. The first-order chi connectivity index (χ1) is 9.15. The molecule has 3 amide bonds. The Morgan fingerprint density at radius 2 is 1.95 bits per heavy atom. The number of amides is 3. The Bertz CT molecular complexity index is 584. The van der Waals surface area contributed by atoms with E-state index >= 15 is 0 Å². The van der Waals surface area contributed by atoms with E-state index in [1.165, 1.54) is 11.3 Å². The van der Waals surface area contributed by atoms with Gasteiger partial charge in [-0.15, -0.1) is 10.2 Å². The van der Waals surface area contributed by atoms with E-state index in [9.17, 15) is 9.59 Å². The van der Waals surface area contributed by atoms with Crippen LogP contribution in [0, 0.1) is 0 Å². The summed E-state index contributed by atoms with van der Waals surface area (Å²) in [6, 6.07) is 8.69. The summed E-state index contributed by atoms with van der Waals surface area (Å²) in [6.07, 6.45) is 0. The van der Waals surface area contributed by atoms with Crippen molar-refractivity contribution in [3.8, 4) is 10.6 Å². The van der Waals surface area contributed by atoms with Crippen LogP contribution in [0.3, 0.4) is 0 Å². The Balaban J connectivity index is 1.95. The van der Waals surface area contributed by atoms with Crippen LogP contribution in [0.1, 0.15) is 0 Å². The minimum atomic E-state index is -0.881. The van der Waals surface area contributed by atoms with Gasteiger partial charge in [-0.05, 0) is 0 Å². The fraction of sp³-hybridized carbons (Fsp3) is 0.0909. The van der Waals surface area contributed by atoms with Crippen LogP contribution in [0.2, 0.25) is 0 Å². The molecule has 2 rings (SSSR count). The molecule has 0 bridgehead atoms. The molecule has 0 aliphatic rings. The van der Waals surface area contributed by atoms with Gasteiger partial charge in [0.25, 0.3) is 0 Å². The molecule has 0 saturated carbocycles. The van der Waals surface area contributed by atoms with Gasteiger partial charge >= 0.3 is 6.03 Å². The lowest BCUT2D eigenvalue weighted by Gasteiger charge is -2.00. The van der Waals surface area contributed by atoms with Gasteiger partial charge in [-0.3, -0.25) is 10.1 Å². The Labute approximate surface area is 112 Å². The van der Waals surface area contributed by atoms with Crippen molar-refractivity contribution < 1.29 is 9.59 Å². The molecule has 4 N–H and O–H groups in total. The SMILES string of the molecule is NC(=O)NC(=O)CNc1nnc(-c2ccccc2)s1. The van der Waals surface area contributed by atoms with Gasteiger partial charge in [-0.1, -0.05) is 41.7 Å². The first kappa shape index (κ1) is 13.0. The van der Waals surface area contributed by atoms with Gasteiger partial charge in [-0.2, -0.15) is 0 Å². The topological polar surface area (TPSA) is 110 Å². The summed E-state index contributed by atoms with van der Waals surface area (Å²) in [6.45, 7) is -0.0909. The molecule has 0 fully saturated rings. The molecule has 7 nitrogen and oxygen atoms in total. The van der Waals surface area contributed by atoms with Crippen LogP contribution in [-0.2, 0) is 4.79 Å². The normalized spacial score (nSPS) is 9.89. The second-order valence-electron chi connectivity index (χ2n) is 3.54. The highest BCUT2D eigenvalue weighted by atomic mass is 32.1. The second kappa shape index (κ2) is 5.91. The number of nitrogens with one attached hydrogen (secondary N) is 2. The summed E-state index contributed by atoms with van der Waals surface area (Å²) in [5, 5.41) is 13.9. The molecule has 1 aromatic carbocycles. The first-order valence-corrected chi connectivity index (χ1v) is 6.19. The van der Waals surface area contributed by atoms with Gasteiger partial charge in [0.2, 0.25) is 11.0 Å². The van der Waals surface area contributed by atoms with Crippen LogP contribution in [0.15, 0.2) is 30.3 Å². The number of anilines is 1. The molecule has 1 aromatic heterocycles. The van der Waals surface area contributed by atoms with Crippen molar-refractivity contribution in [3.05, 3.63) is 30.3 Å². The van der Waals surface area contributed by atoms with Crippen LogP contribution in [0.25, 0.3) is 10.6 Å². The molecule has 2 aromatic rings. The number of rotatable bonds is 4. The zero-order chi connectivity index (χ0) is 13.7.